The van der Waals surface area contributed by atoms with E-state index in [9.17, 15) is 8.42 Å². The molecule has 0 aliphatic carbocycles. The Balaban J connectivity index is 1.81. The van der Waals surface area contributed by atoms with E-state index in [1.165, 1.54) is 26.4 Å². The molecule has 7 nitrogen and oxygen atoms in total. The Bertz CT molecular complexity index is 1020. The van der Waals surface area contributed by atoms with Crippen LogP contribution in [0, 0.1) is 0 Å². The van der Waals surface area contributed by atoms with Crippen molar-refractivity contribution in [3.63, 3.8) is 0 Å². The summed E-state index contributed by atoms with van der Waals surface area (Å²) in [6.45, 7) is 0.0516. The molecule has 0 fully saturated rings. The third-order valence-corrected chi connectivity index (χ3v) is 5.20. The van der Waals surface area contributed by atoms with Gasteiger partial charge in [0.05, 0.1) is 36.4 Å². The zero-order valence-corrected chi connectivity index (χ0v) is 15.1. The predicted molar refractivity (Wildman–Crippen MR) is 93.8 cm³/mol. The Hall–Kier alpha value is -2.29. The van der Waals surface area contributed by atoms with Crippen molar-refractivity contribution in [1.82, 2.24) is 14.1 Å². The quantitative estimate of drug-likeness (QED) is 0.709. The van der Waals surface area contributed by atoms with Gasteiger partial charge in [-0.1, -0.05) is 11.6 Å². The Labute approximate surface area is 150 Å². The van der Waals surface area contributed by atoms with Crippen molar-refractivity contribution in [3.8, 4) is 11.5 Å². The monoisotopic (exact) mass is 381 g/mol. The second-order valence-electron chi connectivity index (χ2n) is 5.19. The third kappa shape index (κ3) is 3.71. The predicted octanol–water partition coefficient (Wildman–Crippen LogP) is 2.48. The molecule has 0 aliphatic heterocycles. The molecule has 0 bridgehead atoms. The standard InChI is InChI=1S/C16H16ClN3O4S/c1-23-14-5-4-13(7-15(14)24-2)25(21,22)18-8-12-10-20-9-11(17)3-6-16(20)19-12/h3-7,9-10,18H,8H2,1-2H3. The number of nitrogens with zero attached hydrogens (tertiary/aromatic N) is 2. The summed E-state index contributed by atoms with van der Waals surface area (Å²) in [6, 6.07) is 7.88. The van der Waals surface area contributed by atoms with Crippen LogP contribution in [0.5, 0.6) is 11.5 Å². The summed E-state index contributed by atoms with van der Waals surface area (Å²) < 4.78 is 39.5. The van der Waals surface area contributed by atoms with Crippen molar-refractivity contribution in [2.75, 3.05) is 14.2 Å². The van der Waals surface area contributed by atoms with Gasteiger partial charge in [0.15, 0.2) is 11.5 Å². The largest absolute Gasteiger partial charge is 0.493 e. The zero-order valence-electron chi connectivity index (χ0n) is 13.6. The smallest absolute Gasteiger partial charge is 0.241 e. The molecule has 2 heterocycles. The summed E-state index contributed by atoms with van der Waals surface area (Å²) in [4.78, 5) is 4.42. The highest BCUT2D eigenvalue weighted by Crippen LogP contribution is 2.29. The summed E-state index contributed by atoms with van der Waals surface area (Å²) >= 11 is 5.93. The van der Waals surface area contributed by atoms with Crippen LogP contribution in [0.3, 0.4) is 0 Å². The molecule has 9 heteroatoms. The first-order chi connectivity index (χ1) is 11.9. The van der Waals surface area contributed by atoms with Crippen LogP contribution in [0.25, 0.3) is 5.65 Å². The van der Waals surface area contributed by atoms with E-state index in [4.69, 9.17) is 21.1 Å². The van der Waals surface area contributed by atoms with Crippen LogP contribution in [0.1, 0.15) is 5.69 Å². The Morgan fingerprint density at radius 2 is 1.88 bits per heavy atom. The van der Waals surface area contributed by atoms with Gasteiger partial charge in [0.25, 0.3) is 0 Å². The molecule has 1 N–H and O–H groups in total. The Kier molecular flexibility index (Phi) is 4.85. The van der Waals surface area contributed by atoms with Gasteiger partial charge in [-0.05, 0) is 24.3 Å². The van der Waals surface area contributed by atoms with Gasteiger partial charge in [-0.2, -0.15) is 0 Å². The molecule has 0 radical (unpaired) electrons. The maximum Gasteiger partial charge on any atom is 0.241 e. The van der Waals surface area contributed by atoms with Crippen LogP contribution < -0.4 is 14.2 Å². The molecule has 0 saturated carbocycles. The minimum atomic E-state index is -3.72. The van der Waals surface area contributed by atoms with Crippen LogP contribution in [0.15, 0.2) is 47.6 Å². The van der Waals surface area contributed by atoms with Crippen molar-refractivity contribution in [3.05, 3.63) is 53.4 Å². The zero-order chi connectivity index (χ0) is 18.0. The van der Waals surface area contributed by atoms with Crippen molar-refractivity contribution < 1.29 is 17.9 Å². The van der Waals surface area contributed by atoms with Gasteiger partial charge in [0, 0.05) is 18.5 Å². The lowest BCUT2D eigenvalue weighted by Gasteiger charge is -2.10. The number of hydrogen-bond donors (Lipinski definition) is 1. The first kappa shape index (κ1) is 17.5. The number of nitrogens with one attached hydrogen (secondary N) is 1. The molecule has 0 spiro atoms. The van der Waals surface area contributed by atoms with Crippen molar-refractivity contribution in [2.45, 2.75) is 11.4 Å². The van der Waals surface area contributed by atoms with Gasteiger partial charge in [0.2, 0.25) is 10.0 Å². The average Bonchev–Trinajstić information content (AvgIpc) is 3.01. The summed E-state index contributed by atoms with van der Waals surface area (Å²) in [5.41, 5.74) is 1.26. The van der Waals surface area contributed by atoms with Crippen LogP contribution in [0.4, 0.5) is 0 Å². The SMILES string of the molecule is COc1ccc(S(=O)(=O)NCc2cn3cc(Cl)ccc3n2)cc1OC. The molecular formula is C16H16ClN3O4S. The molecule has 25 heavy (non-hydrogen) atoms. The molecule has 0 atom stereocenters. The average molecular weight is 382 g/mol. The van der Waals surface area contributed by atoms with E-state index in [0.29, 0.717) is 27.9 Å². The molecule has 0 saturated heterocycles. The first-order valence-electron chi connectivity index (χ1n) is 7.28. The third-order valence-electron chi connectivity index (χ3n) is 3.57. The summed E-state index contributed by atoms with van der Waals surface area (Å²) in [5.74, 6) is 0.798. The molecule has 3 aromatic rings. The first-order valence-corrected chi connectivity index (χ1v) is 9.14. The van der Waals surface area contributed by atoms with Gasteiger partial charge >= 0.3 is 0 Å². The van der Waals surface area contributed by atoms with E-state index in [0.717, 1.165) is 0 Å². The number of ether oxygens (including phenoxy) is 2. The van der Waals surface area contributed by atoms with E-state index < -0.39 is 10.0 Å². The maximum atomic E-state index is 12.5. The fraction of sp³-hybridized carbons (Fsp3) is 0.188. The minimum absolute atomic E-state index is 0.0516. The second-order valence-corrected chi connectivity index (χ2v) is 7.39. The number of sulfonamides is 1. The van der Waals surface area contributed by atoms with Crippen LogP contribution in [-0.2, 0) is 16.6 Å². The summed E-state index contributed by atoms with van der Waals surface area (Å²) in [7, 11) is -0.789. The van der Waals surface area contributed by atoms with Crippen molar-refractivity contribution in [1.29, 1.82) is 0 Å². The molecule has 132 valence electrons. The van der Waals surface area contributed by atoms with Crippen LogP contribution in [-0.4, -0.2) is 32.0 Å². The highest BCUT2D eigenvalue weighted by Gasteiger charge is 2.17. The van der Waals surface area contributed by atoms with E-state index >= 15 is 0 Å². The van der Waals surface area contributed by atoms with E-state index in [2.05, 4.69) is 9.71 Å². The van der Waals surface area contributed by atoms with E-state index in [-0.39, 0.29) is 11.4 Å². The molecular weight excluding hydrogens is 366 g/mol. The second kappa shape index (κ2) is 6.91. The van der Waals surface area contributed by atoms with E-state index in [1.807, 2.05) is 0 Å². The topological polar surface area (TPSA) is 81.9 Å². The van der Waals surface area contributed by atoms with Gasteiger partial charge in [-0.15, -0.1) is 0 Å². The Morgan fingerprint density at radius 1 is 1.12 bits per heavy atom. The number of imidazole rings is 1. The molecule has 0 amide bonds. The fourth-order valence-corrected chi connectivity index (χ4v) is 3.52. The number of pyridine rings is 1. The number of aromatic nitrogens is 2. The number of benzene rings is 1. The normalized spacial score (nSPS) is 11.6. The van der Waals surface area contributed by atoms with Gasteiger partial charge in [0.1, 0.15) is 5.65 Å². The highest BCUT2D eigenvalue weighted by molar-refractivity contribution is 7.89. The minimum Gasteiger partial charge on any atom is -0.493 e. The van der Waals surface area contributed by atoms with Crippen LogP contribution in [0.2, 0.25) is 5.02 Å². The molecule has 1 aromatic carbocycles. The lowest BCUT2D eigenvalue weighted by Crippen LogP contribution is -2.23. The van der Waals surface area contributed by atoms with Gasteiger partial charge in [-0.3, -0.25) is 0 Å². The van der Waals surface area contributed by atoms with Crippen molar-refractivity contribution >= 4 is 27.3 Å². The maximum absolute atomic E-state index is 12.5. The fourth-order valence-electron chi connectivity index (χ4n) is 2.34. The molecule has 3 rings (SSSR count). The number of halogens is 1. The Morgan fingerprint density at radius 3 is 2.60 bits per heavy atom. The van der Waals surface area contributed by atoms with Gasteiger partial charge in [-0.25, -0.2) is 18.1 Å². The van der Waals surface area contributed by atoms with E-state index in [1.54, 1.807) is 35.0 Å². The number of fused-ring (bicyclic) bond motifs is 1. The number of rotatable bonds is 6. The van der Waals surface area contributed by atoms with Crippen molar-refractivity contribution in [2.24, 2.45) is 0 Å². The number of methoxy groups -OCH3 is 2. The van der Waals surface area contributed by atoms with Gasteiger partial charge < -0.3 is 13.9 Å². The van der Waals surface area contributed by atoms with Crippen LogP contribution >= 0.6 is 11.6 Å². The lowest BCUT2D eigenvalue weighted by molar-refractivity contribution is 0.354. The highest BCUT2D eigenvalue weighted by atomic mass is 35.5. The molecule has 0 unspecified atom stereocenters. The summed E-state index contributed by atoms with van der Waals surface area (Å²) in [5, 5.41) is 0.572. The number of hydrogen-bond acceptors (Lipinski definition) is 5. The molecule has 2 aromatic heterocycles. The molecule has 0 aliphatic rings. The lowest BCUT2D eigenvalue weighted by atomic mass is 10.3. The summed E-state index contributed by atoms with van der Waals surface area (Å²) in [6.07, 6.45) is 3.43.